The zero-order chi connectivity index (χ0) is 18.2. The summed E-state index contributed by atoms with van der Waals surface area (Å²) in [6.45, 7) is 3.96. The lowest BCUT2D eigenvalue weighted by molar-refractivity contribution is -0.124. The maximum absolute atomic E-state index is 11.0. The highest BCUT2D eigenvalue weighted by molar-refractivity contribution is 5.90. The first-order chi connectivity index (χ1) is 12.7. The maximum atomic E-state index is 11.0. The molecule has 2 N–H and O–H groups in total. The number of ether oxygens (including phenoxy) is 1. The van der Waals surface area contributed by atoms with Gasteiger partial charge < -0.3 is 9.15 Å². The molecule has 1 saturated heterocycles. The third-order valence-corrected chi connectivity index (χ3v) is 4.38. The van der Waals surface area contributed by atoms with Crippen molar-refractivity contribution >= 4 is 12.0 Å². The van der Waals surface area contributed by atoms with Crippen molar-refractivity contribution in [3.05, 3.63) is 48.2 Å². The number of carbonyl (C=O) groups excluding carboxylic acids is 1. The number of nitrogens with zero attached hydrogens (tertiary/aromatic N) is 1. The van der Waals surface area contributed by atoms with Gasteiger partial charge in [-0.1, -0.05) is 18.6 Å². The summed E-state index contributed by atoms with van der Waals surface area (Å²) in [6.07, 6.45) is 6.59. The molecule has 0 saturated carbocycles. The van der Waals surface area contributed by atoms with Crippen molar-refractivity contribution < 1.29 is 19.2 Å². The highest BCUT2D eigenvalue weighted by Gasteiger charge is 2.10. The number of hydrogen-bond acceptors (Lipinski definition) is 5. The molecule has 0 aliphatic carbocycles. The average molecular weight is 356 g/mol. The highest BCUT2D eigenvalue weighted by atomic mass is 16.5. The minimum absolute atomic E-state index is 0.528. The number of likely N-dealkylation sites (tertiary alicyclic amines) is 1. The van der Waals surface area contributed by atoms with E-state index in [0.717, 1.165) is 17.9 Å². The van der Waals surface area contributed by atoms with E-state index in [2.05, 4.69) is 4.90 Å². The molecule has 0 unspecified atom stereocenters. The molecule has 1 aliphatic rings. The molecule has 1 fully saturated rings. The van der Waals surface area contributed by atoms with E-state index in [1.165, 1.54) is 50.0 Å². The summed E-state index contributed by atoms with van der Waals surface area (Å²) in [6, 6.07) is 11.4. The number of benzene rings is 1. The molecule has 2 heterocycles. The summed E-state index contributed by atoms with van der Waals surface area (Å²) in [5, 5.41) is 8.48. The number of carbonyl (C=O) groups is 1. The summed E-state index contributed by atoms with van der Waals surface area (Å²) < 4.78 is 11.6. The zero-order valence-corrected chi connectivity index (χ0v) is 14.7. The molecule has 0 bridgehead atoms. The van der Waals surface area contributed by atoms with Crippen molar-refractivity contribution in [2.45, 2.75) is 19.3 Å². The molecule has 138 valence electrons. The second-order valence-electron chi connectivity index (χ2n) is 6.29. The topological polar surface area (TPSA) is 74.9 Å². The van der Waals surface area contributed by atoms with E-state index in [-0.39, 0.29) is 0 Å². The van der Waals surface area contributed by atoms with E-state index in [4.69, 9.17) is 14.4 Å². The first kappa shape index (κ1) is 18.2. The Morgan fingerprint density at radius 3 is 2.88 bits per heavy atom. The predicted octanol–water partition coefficient (Wildman–Crippen LogP) is 3.33. The monoisotopic (exact) mass is 356 g/mol. The fourth-order valence-electron chi connectivity index (χ4n) is 3.01. The fourth-order valence-corrected chi connectivity index (χ4v) is 3.01. The smallest absolute Gasteiger partial charge is 0.267 e. The predicted molar refractivity (Wildman–Crippen MR) is 98.9 cm³/mol. The molecular weight excluding hydrogens is 332 g/mol. The van der Waals surface area contributed by atoms with Crippen LogP contribution in [-0.2, 0) is 4.79 Å². The van der Waals surface area contributed by atoms with Crippen LogP contribution < -0.4 is 10.2 Å². The second-order valence-corrected chi connectivity index (χ2v) is 6.29. The van der Waals surface area contributed by atoms with Crippen LogP contribution in [0.25, 0.3) is 17.4 Å². The Morgan fingerprint density at radius 2 is 2.08 bits per heavy atom. The molecule has 1 aliphatic heterocycles. The first-order valence-corrected chi connectivity index (χ1v) is 8.92. The molecule has 6 heteroatoms. The number of hydrogen-bond donors (Lipinski definition) is 2. The Hall–Kier alpha value is -2.57. The number of piperidine rings is 1. The van der Waals surface area contributed by atoms with Crippen molar-refractivity contribution in [2.24, 2.45) is 0 Å². The van der Waals surface area contributed by atoms with Crippen molar-refractivity contribution in [2.75, 3.05) is 26.2 Å². The maximum Gasteiger partial charge on any atom is 0.267 e. The van der Waals surface area contributed by atoms with Crippen LogP contribution in [0.2, 0.25) is 0 Å². The van der Waals surface area contributed by atoms with Gasteiger partial charge in [0.1, 0.15) is 23.9 Å². The summed E-state index contributed by atoms with van der Waals surface area (Å²) in [5.41, 5.74) is 2.45. The van der Waals surface area contributed by atoms with Gasteiger partial charge in [0.15, 0.2) is 0 Å². The van der Waals surface area contributed by atoms with Gasteiger partial charge in [-0.25, -0.2) is 5.48 Å². The molecule has 1 aromatic heterocycles. The largest absolute Gasteiger partial charge is 0.492 e. The van der Waals surface area contributed by atoms with Crippen LogP contribution in [0, 0.1) is 0 Å². The van der Waals surface area contributed by atoms with Crippen LogP contribution in [0.4, 0.5) is 0 Å². The van der Waals surface area contributed by atoms with Crippen molar-refractivity contribution in [1.82, 2.24) is 10.4 Å². The number of furan rings is 1. The van der Waals surface area contributed by atoms with Gasteiger partial charge in [-0.15, -0.1) is 0 Å². The van der Waals surface area contributed by atoms with E-state index in [1.807, 2.05) is 30.3 Å². The van der Waals surface area contributed by atoms with Crippen LogP contribution in [0.5, 0.6) is 5.75 Å². The molecule has 1 amide bonds. The van der Waals surface area contributed by atoms with Gasteiger partial charge in [0.2, 0.25) is 0 Å². The van der Waals surface area contributed by atoms with Crippen molar-refractivity contribution in [1.29, 1.82) is 0 Å². The Balaban J connectivity index is 1.57. The van der Waals surface area contributed by atoms with Crippen LogP contribution in [0.1, 0.15) is 25.0 Å². The minimum Gasteiger partial charge on any atom is -0.492 e. The van der Waals surface area contributed by atoms with Gasteiger partial charge in [-0.2, -0.15) is 0 Å². The summed E-state index contributed by atoms with van der Waals surface area (Å²) >= 11 is 0. The SMILES string of the molecule is O=C(/C=C/c1ccc(-c2cccc(OCCN3CCCCC3)c2)o1)NO. The highest BCUT2D eigenvalue weighted by Crippen LogP contribution is 2.26. The van der Waals surface area contributed by atoms with Gasteiger partial charge in [0.25, 0.3) is 5.91 Å². The molecule has 0 radical (unpaired) electrons. The third kappa shape index (κ3) is 5.21. The van der Waals surface area contributed by atoms with E-state index in [0.29, 0.717) is 18.1 Å². The number of hydroxylamine groups is 1. The summed E-state index contributed by atoms with van der Waals surface area (Å²) in [7, 11) is 0. The Kier molecular flexibility index (Phi) is 6.46. The quantitative estimate of drug-likeness (QED) is 0.452. The molecule has 6 nitrogen and oxygen atoms in total. The summed E-state index contributed by atoms with van der Waals surface area (Å²) in [5.74, 6) is 1.43. The lowest BCUT2D eigenvalue weighted by Crippen LogP contribution is -2.33. The van der Waals surface area contributed by atoms with Gasteiger partial charge in [0, 0.05) is 18.2 Å². The van der Waals surface area contributed by atoms with E-state index in [1.54, 1.807) is 6.07 Å². The van der Waals surface area contributed by atoms with E-state index >= 15 is 0 Å². The standard InChI is InChI=1S/C20H24N2O4/c23-20(21-24)10-8-17-7-9-19(26-17)16-5-4-6-18(15-16)25-14-13-22-11-2-1-3-12-22/h4-10,15,24H,1-3,11-14H2,(H,21,23)/b10-8+. The molecular formula is C20H24N2O4. The zero-order valence-electron chi connectivity index (χ0n) is 14.7. The minimum atomic E-state index is -0.605. The van der Waals surface area contributed by atoms with E-state index < -0.39 is 5.91 Å². The van der Waals surface area contributed by atoms with Crippen LogP contribution in [0.3, 0.4) is 0 Å². The molecule has 26 heavy (non-hydrogen) atoms. The normalized spacial score (nSPS) is 15.3. The molecule has 0 spiro atoms. The van der Waals surface area contributed by atoms with Gasteiger partial charge in [-0.05, 0) is 56.3 Å². The molecule has 2 aromatic rings. The van der Waals surface area contributed by atoms with Crippen LogP contribution in [-0.4, -0.2) is 42.3 Å². The fraction of sp³-hybridized carbons (Fsp3) is 0.350. The number of rotatable bonds is 7. The van der Waals surface area contributed by atoms with Crippen molar-refractivity contribution in [3.63, 3.8) is 0 Å². The number of amides is 1. The first-order valence-electron chi connectivity index (χ1n) is 8.92. The van der Waals surface area contributed by atoms with Gasteiger partial charge in [0.05, 0.1) is 0 Å². The van der Waals surface area contributed by atoms with Gasteiger partial charge >= 0.3 is 0 Å². The van der Waals surface area contributed by atoms with Gasteiger partial charge in [-0.3, -0.25) is 14.9 Å². The van der Waals surface area contributed by atoms with Crippen LogP contribution in [0.15, 0.2) is 46.9 Å². The summed E-state index contributed by atoms with van der Waals surface area (Å²) in [4.78, 5) is 13.5. The van der Waals surface area contributed by atoms with E-state index in [9.17, 15) is 4.79 Å². The number of nitrogens with one attached hydrogen (secondary N) is 1. The Labute approximate surface area is 153 Å². The van der Waals surface area contributed by atoms with Crippen LogP contribution >= 0.6 is 0 Å². The molecule has 0 atom stereocenters. The Bertz CT molecular complexity index is 748. The molecule has 3 rings (SSSR count). The Morgan fingerprint density at radius 1 is 1.23 bits per heavy atom. The second kappa shape index (κ2) is 9.22. The lowest BCUT2D eigenvalue weighted by atomic mass is 10.1. The lowest BCUT2D eigenvalue weighted by Gasteiger charge is -2.26. The van der Waals surface area contributed by atoms with Crippen molar-refractivity contribution in [3.8, 4) is 17.1 Å². The average Bonchev–Trinajstić information content (AvgIpc) is 3.16. The molecule has 1 aromatic carbocycles. The third-order valence-electron chi connectivity index (χ3n) is 4.38.